The maximum atomic E-state index is 11.3. The number of hydrogen-bond donors (Lipinski definition) is 2. The van der Waals surface area contributed by atoms with Gasteiger partial charge in [0.2, 0.25) is 0 Å². The Kier molecular flexibility index (Phi) is 5.92. The molecule has 4 heteroatoms. The fraction of sp³-hybridized carbons (Fsp3) is 0.923. The lowest BCUT2D eigenvalue weighted by molar-refractivity contribution is -0.143. The lowest BCUT2D eigenvalue weighted by Crippen LogP contribution is -2.48. The maximum Gasteiger partial charge on any atom is 0.320 e. The standard InChI is InChI=1S/C13H26N2O2/c1-4-12(13(16)17)15(8-10(2)3)9-11-6-5-7-14-11/h10-12,14H,4-9H2,1-3H3,(H,16,17). The quantitative estimate of drug-likeness (QED) is 0.711. The van der Waals surface area contributed by atoms with Crippen molar-refractivity contribution in [2.75, 3.05) is 19.6 Å². The number of rotatable bonds is 7. The SMILES string of the molecule is CCC(C(=O)O)N(CC(C)C)CC1CCCN1. The molecule has 2 N–H and O–H groups in total. The lowest BCUT2D eigenvalue weighted by Gasteiger charge is -2.31. The van der Waals surface area contributed by atoms with Gasteiger partial charge in [-0.3, -0.25) is 9.69 Å². The molecule has 0 bridgehead atoms. The van der Waals surface area contributed by atoms with E-state index in [1.807, 2.05) is 6.92 Å². The predicted molar refractivity (Wildman–Crippen MR) is 69.2 cm³/mol. The fourth-order valence-corrected chi connectivity index (χ4v) is 2.58. The minimum atomic E-state index is -0.689. The highest BCUT2D eigenvalue weighted by Crippen LogP contribution is 2.13. The first-order valence-corrected chi connectivity index (χ1v) is 6.74. The van der Waals surface area contributed by atoms with Crippen molar-refractivity contribution in [1.82, 2.24) is 10.2 Å². The van der Waals surface area contributed by atoms with Crippen molar-refractivity contribution in [3.63, 3.8) is 0 Å². The number of nitrogens with one attached hydrogen (secondary N) is 1. The van der Waals surface area contributed by atoms with Gasteiger partial charge in [0.25, 0.3) is 0 Å². The molecule has 1 rings (SSSR count). The molecule has 0 aliphatic carbocycles. The van der Waals surface area contributed by atoms with Gasteiger partial charge in [0.05, 0.1) is 0 Å². The number of hydrogen-bond acceptors (Lipinski definition) is 3. The topological polar surface area (TPSA) is 52.6 Å². The summed E-state index contributed by atoms with van der Waals surface area (Å²) in [5.74, 6) is -0.184. The number of carboxylic acids is 1. The normalized spacial score (nSPS) is 22.3. The van der Waals surface area contributed by atoms with Gasteiger partial charge >= 0.3 is 5.97 Å². The van der Waals surface area contributed by atoms with Crippen molar-refractivity contribution >= 4 is 5.97 Å². The minimum absolute atomic E-state index is 0.334. The fourth-order valence-electron chi connectivity index (χ4n) is 2.58. The van der Waals surface area contributed by atoms with Crippen molar-refractivity contribution < 1.29 is 9.90 Å². The largest absolute Gasteiger partial charge is 0.480 e. The molecule has 0 spiro atoms. The third-order valence-electron chi connectivity index (χ3n) is 3.33. The van der Waals surface area contributed by atoms with Crippen LogP contribution in [0.2, 0.25) is 0 Å². The van der Waals surface area contributed by atoms with E-state index in [0.29, 0.717) is 18.4 Å². The Morgan fingerprint density at radius 3 is 2.65 bits per heavy atom. The van der Waals surface area contributed by atoms with E-state index in [1.165, 1.54) is 12.8 Å². The summed E-state index contributed by atoms with van der Waals surface area (Å²) in [6, 6.07) is 0.141. The smallest absolute Gasteiger partial charge is 0.320 e. The monoisotopic (exact) mass is 242 g/mol. The van der Waals surface area contributed by atoms with E-state index in [0.717, 1.165) is 19.6 Å². The van der Waals surface area contributed by atoms with Gasteiger partial charge < -0.3 is 10.4 Å². The van der Waals surface area contributed by atoms with Crippen LogP contribution in [0.1, 0.15) is 40.0 Å². The molecular weight excluding hydrogens is 216 g/mol. The summed E-state index contributed by atoms with van der Waals surface area (Å²) < 4.78 is 0. The van der Waals surface area contributed by atoms with Gasteiger partial charge in [-0.25, -0.2) is 0 Å². The Balaban J connectivity index is 2.60. The molecule has 0 radical (unpaired) electrons. The van der Waals surface area contributed by atoms with E-state index < -0.39 is 5.97 Å². The van der Waals surface area contributed by atoms with Crippen LogP contribution >= 0.6 is 0 Å². The second kappa shape index (κ2) is 6.97. The van der Waals surface area contributed by atoms with Gasteiger partial charge in [0.1, 0.15) is 6.04 Å². The second-order valence-electron chi connectivity index (χ2n) is 5.40. The van der Waals surface area contributed by atoms with Crippen molar-refractivity contribution in [3.8, 4) is 0 Å². The van der Waals surface area contributed by atoms with Crippen LogP contribution in [0, 0.1) is 5.92 Å². The molecule has 0 amide bonds. The molecule has 0 saturated carbocycles. The Hall–Kier alpha value is -0.610. The maximum absolute atomic E-state index is 11.3. The summed E-state index contributed by atoms with van der Waals surface area (Å²) in [5, 5.41) is 12.7. The van der Waals surface area contributed by atoms with E-state index in [1.54, 1.807) is 0 Å². The molecule has 4 nitrogen and oxygen atoms in total. The summed E-state index contributed by atoms with van der Waals surface area (Å²) in [7, 11) is 0. The van der Waals surface area contributed by atoms with Gasteiger partial charge in [-0.1, -0.05) is 20.8 Å². The zero-order chi connectivity index (χ0) is 12.8. The summed E-state index contributed by atoms with van der Waals surface area (Å²) in [5.41, 5.74) is 0. The van der Waals surface area contributed by atoms with Crippen LogP contribution in [-0.4, -0.2) is 47.7 Å². The van der Waals surface area contributed by atoms with Crippen molar-refractivity contribution in [3.05, 3.63) is 0 Å². The first kappa shape index (κ1) is 14.5. The average molecular weight is 242 g/mol. The van der Waals surface area contributed by atoms with E-state index in [-0.39, 0.29) is 6.04 Å². The molecule has 1 fully saturated rings. The molecule has 0 aromatic heterocycles. The first-order valence-electron chi connectivity index (χ1n) is 6.74. The summed E-state index contributed by atoms with van der Waals surface area (Å²) in [6.07, 6.45) is 3.06. The van der Waals surface area contributed by atoms with Gasteiger partial charge in [0, 0.05) is 19.1 Å². The molecule has 1 heterocycles. The number of aliphatic carboxylic acids is 1. The van der Waals surface area contributed by atoms with Gasteiger partial charge in [0.15, 0.2) is 0 Å². The molecule has 1 saturated heterocycles. The minimum Gasteiger partial charge on any atom is -0.480 e. The van der Waals surface area contributed by atoms with Crippen molar-refractivity contribution in [1.29, 1.82) is 0 Å². The molecule has 1 aliphatic rings. The second-order valence-corrected chi connectivity index (χ2v) is 5.40. The van der Waals surface area contributed by atoms with Crippen molar-refractivity contribution in [2.24, 2.45) is 5.92 Å². The van der Waals surface area contributed by atoms with Crippen LogP contribution < -0.4 is 5.32 Å². The van der Waals surface area contributed by atoms with Crippen LogP contribution in [0.25, 0.3) is 0 Å². The van der Waals surface area contributed by atoms with Gasteiger partial charge in [-0.05, 0) is 31.7 Å². The molecule has 2 atom stereocenters. The summed E-state index contributed by atoms with van der Waals surface area (Å²) in [4.78, 5) is 13.4. The van der Waals surface area contributed by atoms with E-state index >= 15 is 0 Å². The molecule has 100 valence electrons. The Morgan fingerprint density at radius 2 is 2.24 bits per heavy atom. The number of carbonyl (C=O) groups is 1. The summed E-state index contributed by atoms with van der Waals surface area (Å²) in [6.45, 7) is 9.04. The van der Waals surface area contributed by atoms with E-state index in [4.69, 9.17) is 0 Å². The predicted octanol–water partition coefficient (Wildman–Crippen LogP) is 1.56. The summed E-state index contributed by atoms with van der Waals surface area (Å²) >= 11 is 0. The average Bonchev–Trinajstić information content (AvgIpc) is 2.69. The van der Waals surface area contributed by atoms with Crippen LogP contribution in [0.3, 0.4) is 0 Å². The highest BCUT2D eigenvalue weighted by molar-refractivity contribution is 5.73. The van der Waals surface area contributed by atoms with Gasteiger partial charge in [-0.2, -0.15) is 0 Å². The molecule has 2 unspecified atom stereocenters. The Morgan fingerprint density at radius 1 is 1.53 bits per heavy atom. The molecule has 0 aromatic carbocycles. The zero-order valence-electron chi connectivity index (χ0n) is 11.3. The highest BCUT2D eigenvalue weighted by Gasteiger charge is 2.27. The van der Waals surface area contributed by atoms with E-state index in [2.05, 4.69) is 24.1 Å². The Bertz CT molecular complexity index is 238. The Labute approximate surface area is 104 Å². The highest BCUT2D eigenvalue weighted by atomic mass is 16.4. The third-order valence-corrected chi connectivity index (χ3v) is 3.33. The lowest BCUT2D eigenvalue weighted by atomic mass is 10.1. The molecule has 1 aliphatic heterocycles. The van der Waals surface area contributed by atoms with E-state index in [9.17, 15) is 9.90 Å². The van der Waals surface area contributed by atoms with Crippen LogP contribution in [0.15, 0.2) is 0 Å². The zero-order valence-corrected chi connectivity index (χ0v) is 11.3. The molecule has 0 aromatic rings. The third kappa shape index (κ3) is 4.64. The van der Waals surface area contributed by atoms with Crippen LogP contribution in [-0.2, 0) is 4.79 Å². The van der Waals surface area contributed by atoms with Gasteiger partial charge in [-0.15, -0.1) is 0 Å². The molecule has 17 heavy (non-hydrogen) atoms. The van der Waals surface area contributed by atoms with Crippen molar-refractivity contribution in [2.45, 2.75) is 52.1 Å². The van der Waals surface area contributed by atoms with Crippen LogP contribution in [0.5, 0.6) is 0 Å². The number of nitrogens with zero attached hydrogens (tertiary/aromatic N) is 1. The van der Waals surface area contributed by atoms with Crippen LogP contribution in [0.4, 0.5) is 0 Å². The first-order chi connectivity index (χ1) is 8.04. The molecular formula is C13H26N2O2. The number of carboxylic acid groups (broad SMARTS) is 1.